The number of esters is 2. The molecule has 0 fully saturated rings. The summed E-state index contributed by atoms with van der Waals surface area (Å²) in [5.41, 5.74) is 6.71. The van der Waals surface area contributed by atoms with Crippen LogP contribution in [0.3, 0.4) is 0 Å². The molecule has 0 saturated heterocycles. The first-order valence-electron chi connectivity index (χ1n) is 9.97. The van der Waals surface area contributed by atoms with Crippen LogP contribution in [-0.4, -0.2) is 32.8 Å². The highest BCUT2D eigenvalue weighted by atomic mass is 19.1. The number of carbonyl (C=O) groups is 2. The first-order valence-corrected chi connectivity index (χ1v) is 9.97. The van der Waals surface area contributed by atoms with Crippen molar-refractivity contribution >= 4 is 17.6 Å². The minimum Gasteiger partial charge on any atom is -0.492 e. The maximum Gasteiger partial charge on any atom is 0.355 e. The second-order valence-corrected chi connectivity index (χ2v) is 6.88. The van der Waals surface area contributed by atoms with Crippen LogP contribution in [-0.2, 0) is 19.1 Å². The number of hydrogen-bond donors (Lipinski definition) is 1. The summed E-state index contributed by atoms with van der Waals surface area (Å²) >= 11 is 0. The predicted molar refractivity (Wildman–Crippen MR) is 117 cm³/mol. The van der Waals surface area contributed by atoms with Gasteiger partial charge in [0, 0.05) is 6.07 Å². The van der Waals surface area contributed by atoms with E-state index in [0.717, 1.165) is 26.4 Å². The number of nitrogens with zero attached hydrogens (tertiary/aromatic N) is 2. The Balaban J connectivity index is 2.43. The van der Waals surface area contributed by atoms with E-state index in [0.29, 0.717) is 5.56 Å². The number of carbonyl (C=O) groups excluding carboxylic acids is 2. The van der Waals surface area contributed by atoms with Crippen molar-refractivity contribution < 1.29 is 28.2 Å². The van der Waals surface area contributed by atoms with E-state index in [9.17, 15) is 19.2 Å². The Kier molecular flexibility index (Phi) is 6.98. The number of rotatable bonds is 6. The molecule has 0 radical (unpaired) electrons. The molecule has 1 atom stereocenters. The Hall–Kier alpha value is -4.32. The van der Waals surface area contributed by atoms with Gasteiger partial charge in [-0.1, -0.05) is 30.3 Å². The lowest BCUT2D eigenvalue weighted by molar-refractivity contribution is -0.139. The summed E-state index contributed by atoms with van der Waals surface area (Å²) in [6, 6.07) is 14.3. The van der Waals surface area contributed by atoms with Crippen LogP contribution >= 0.6 is 0 Å². The van der Waals surface area contributed by atoms with Gasteiger partial charge in [0.05, 0.1) is 49.6 Å². The maximum atomic E-state index is 14.0. The first kappa shape index (κ1) is 23.3. The van der Waals surface area contributed by atoms with E-state index in [1.807, 2.05) is 0 Å². The topological polar surface area (TPSA) is 115 Å². The third-order valence-electron chi connectivity index (χ3n) is 5.07. The maximum absolute atomic E-state index is 14.0. The van der Waals surface area contributed by atoms with Gasteiger partial charge in [-0.2, -0.15) is 5.26 Å². The zero-order chi connectivity index (χ0) is 24.1. The van der Waals surface area contributed by atoms with E-state index < -0.39 is 23.7 Å². The molecule has 0 saturated carbocycles. The summed E-state index contributed by atoms with van der Waals surface area (Å²) in [5, 5.41) is 10.0. The zero-order valence-corrected chi connectivity index (χ0v) is 18.3. The molecule has 0 bridgehead atoms. The Labute approximate surface area is 190 Å². The average Bonchev–Trinajstić information content (AvgIpc) is 2.83. The minimum absolute atomic E-state index is 0.000950. The summed E-state index contributed by atoms with van der Waals surface area (Å²) in [5.74, 6) is -3.41. The van der Waals surface area contributed by atoms with Crippen LogP contribution in [0.2, 0.25) is 0 Å². The third kappa shape index (κ3) is 4.23. The molecule has 2 aromatic rings. The first-order chi connectivity index (χ1) is 15.9. The Morgan fingerprint density at radius 1 is 1.12 bits per heavy atom. The third-order valence-corrected chi connectivity index (χ3v) is 5.07. The summed E-state index contributed by atoms with van der Waals surface area (Å²) < 4.78 is 29.5. The van der Waals surface area contributed by atoms with Gasteiger partial charge < -0.3 is 19.9 Å². The van der Waals surface area contributed by atoms with Gasteiger partial charge in [-0.3, -0.25) is 4.90 Å². The lowest BCUT2D eigenvalue weighted by Gasteiger charge is -2.36. The van der Waals surface area contributed by atoms with E-state index in [-0.39, 0.29) is 40.7 Å². The van der Waals surface area contributed by atoms with Crippen molar-refractivity contribution in [1.82, 2.24) is 0 Å². The van der Waals surface area contributed by atoms with Gasteiger partial charge in [0.1, 0.15) is 23.1 Å². The predicted octanol–water partition coefficient (Wildman–Crippen LogP) is 3.12. The Bertz CT molecular complexity index is 1180. The molecule has 2 N–H and O–H groups in total. The largest absolute Gasteiger partial charge is 0.492 e. The van der Waals surface area contributed by atoms with Crippen molar-refractivity contribution in [3.8, 4) is 11.8 Å². The molecule has 0 aliphatic carbocycles. The molecule has 0 spiro atoms. The Morgan fingerprint density at radius 3 is 2.36 bits per heavy atom. The average molecular weight is 451 g/mol. The second kappa shape index (κ2) is 9.87. The molecular weight excluding hydrogens is 429 g/mol. The number of halogens is 1. The highest BCUT2D eigenvalue weighted by Crippen LogP contribution is 2.45. The van der Waals surface area contributed by atoms with Crippen LogP contribution in [0.5, 0.6) is 5.75 Å². The molecular formula is C24H22FN3O5. The molecule has 1 unspecified atom stereocenters. The summed E-state index contributed by atoms with van der Waals surface area (Å²) in [6.07, 6.45) is 0. The van der Waals surface area contributed by atoms with Crippen molar-refractivity contribution in [2.45, 2.75) is 12.8 Å². The molecule has 1 aliphatic rings. The molecule has 3 rings (SSSR count). The molecule has 8 nitrogen and oxygen atoms in total. The zero-order valence-electron chi connectivity index (χ0n) is 18.3. The number of nitrogens with two attached hydrogens (primary N) is 1. The number of methoxy groups -OCH3 is 2. The quantitative estimate of drug-likeness (QED) is 0.666. The van der Waals surface area contributed by atoms with Crippen molar-refractivity contribution in [2.24, 2.45) is 5.73 Å². The van der Waals surface area contributed by atoms with Gasteiger partial charge in [-0.05, 0) is 24.6 Å². The van der Waals surface area contributed by atoms with E-state index in [1.165, 1.54) is 11.0 Å². The summed E-state index contributed by atoms with van der Waals surface area (Å²) in [6.45, 7) is 1.89. The molecule has 0 aromatic heterocycles. The highest BCUT2D eigenvalue weighted by molar-refractivity contribution is 6.06. The standard InChI is InChI=1S/C24H22FN3O5/c1-4-33-18-12-15(25)10-11-17(18)28-21(24(30)32-3)20(23(29)31-2)19(16(13-26)22(28)27)14-8-6-5-7-9-14/h5-12,19H,4,27H2,1-3H3. The van der Waals surface area contributed by atoms with E-state index in [1.54, 1.807) is 37.3 Å². The van der Waals surface area contributed by atoms with Crippen LogP contribution in [0.4, 0.5) is 10.1 Å². The molecule has 9 heteroatoms. The monoisotopic (exact) mass is 451 g/mol. The van der Waals surface area contributed by atoms with Crippen molar-refractivity contribution in [3.05, 3.63) is 82.6 Å². The SMILES string of the molecule is CCOc1cc(F)ccc1N1C(N)=C(C#N)C(c2ccccc2)C(C(=O)OC)=C1C(=O)OC. The van der Waals surface area contributed by atoms with Gasteiger partial charge in [0.15, 0.2) is 0 Å². The smallest absolute Gasteiger partial charge is 0.355 e. The van der Waals surface area contributed by atoms with Crippen molar-refractivity contribution in [1.29, 1.82) is 5.26 Å². The van der Waals surface area contributed by atoms with Crippen LogP contribution in [0.1, 0.15) is 18.4 Å². The molecule has 2 aromatic carbocycles. The van der Waals surface area contributed by atoms with Gasteiger partial charge >= 0.3 is 11.9 Å². The molecule has 170 valence electrons. The number of nitriles is 1. The number of ether oxygens (including phenoxy) is 3. The lowest BCUT2D eigenvalue weighted by atomic mass is 9.81. The van der Waals surface area contributed by atoms with Gasteiger partial charge in [0.2, 0.25) is 0 Å². The van der Waals surface area contributed by atoms with Crippen molar-refractivity contribution in [3.63, 3.8) is 0 Å². The highest BCUT2D eigenvalue weighted by Gasteiger charge is 2.43. The van der Waals surface area contributed by atoms with Gasteiger partial charge in [0.25, 0.3) is 0 Å². The van der Waals surface area contributed by atoms with E-state index >= 15 is 0 Å². The number of hydrogen-bond acceptors (Lipinski definition) is 8. The van der Waals surface area contributed by atoms with Gasteiger partial charge in [-0.15, -0.1) is 0 Å². The van der Waals surface area contributed by atoms with Crippen LogP contribution < -0.4 is 15.4 Å². The normalized spacial score (nSPS) is 15.7. The fourth-order valence-electron chi connectivity index (χ4n) is 3.71. The summed E-state index contributed by atoms with van der Waals surface area (Å²) in [4.78, 5) is 27.2. The van der Waals surface area contributed by atoms with Gasteiger partial charge in [-0.25, -0.2) is 14.0 Å². The van der Waals surface area contributed by atoms with E-state index in [4.69, 9.17) is 19.9 Å². The van der Waals surface area contributed by atoms with Crippen LogP contribution in [0.25, 0.3) is 0 Å². The molecule has 1 aliphatic heterocycles. The van der Waals surface area contributed by atoms with Crippen LogP contribution in [0.15, 0.2) is 71.2 Å². The molecule has 0 amide bonds. The number of benzene rings is 2. The molecule has 33 heavy (non-hydrogen) atoms. The fraction of sp³-hybridized carbons (Fsp3) is 0.208. The van der Waals surface area contributed by atoms with Crippen molar-refractivity contribution in [2.75, 3.05) is 25.7 Å². The lowest BCUT2D eigenvalue weighted by Crippen LogP contribution is -2.41. The molecule has 1 heterocycles. The van der Waals surface area contributed by atoms with E-state index in [2.05, 4.69) is 6.07 Å². The number of allylic oxidation sites excluding steroid dienone is 1. The van der Waals surface area contributed by atoms with Crippen LogP contribution in [0, 0.1) is 17.1 Å². The number of anilines is 1. The minimum atomic E-state index is -0.995. The Morgan fingerprint density at radius 2 is 1.79 bits per heavy atom. The summed E-state index contributed by atoms with van der Waals surface area (Å²) in [7, 11) is 2.31. The second-order valence-electron chi connectivity index (χ2n) is 6.88. The fourth-order valence-corrected chi connectivity index (χ4v) is 3.71.